The number of carboxylic acids is 1. The molecule has 3 heteroatoms. The molecule has 0 fully saturated rings. The maximum Gasteiger partial charge on any atom is 0.337 e. The van der Waals surface area contributed by atoms with Crippen molar-refractivity contribution in [2.45, 2.75) is 46.5 Å². The van der Waals surface area contributed by atoms with E-state index in [1.165, 1.54) is 5.56 Å². The van der Waals surface area contributed by atoms with E-state index in [0.29, 0.717) is 5.56 Å². The molecule has 2 aromatic rings. The molecule has 0 aliphatic carbocycles. The molecule has 0 spiro atoms. The van der Waals surface area contributed by atoms with Crippen molar-refractivity contribution >= 4 is 16.9 Å². The van der Waals surface area contributed by atoms with E-state index in [-0.39, 0.29) is 0 Å². The molecule has 0 saturated carbocycles. The minimum Gasteiger partial charge on any atom is -0.478 e. The van der Waals surface area contributed by atoms with Gasteiger partial charge in [-0.3, -0.25) is 0 Å². The van der Waals surface area contributed by atoms with Crippen LogP contribution in [-0.2, 0) is 12.8 Å². The summed E-state index contributed by atoms with van der Waals surface area (Å²) in [6.07, 6.45) is 4.14. The van der Waals surface area contributed by atoms with Crippen LogP contribution in [0.1, 0.15) is 53.9 Å². The van der Waals surface area contributed by atoms with Crippen molar-refractivity contribution in [1.82, 2.24) is 4.98 Å². The van der Waals surface area contributed by atoms with Gasteiger partial charge >= 0.3 is 5.97 Å². The Hall–Kier alpha value is -1.77. The van der Waals surface area contributed by atoms with Crippen LogP contribution >= 0.6 is 0 Å². The van der Waals surface area contributed by atoms with Crippen LogP contribution in [0.15, 0.2) is 12.1 Å². The lowest BCUT2D eigenvalue weighted by Crippen LogP contribution is -1.99. The first-order chi connectivity index (χ1) is 9.08. The van der Waals surface area contributed by atoms with E-state index in [1.807, 2.05) is 6.92 Å². The Morgan fingerprint density at radius 2 is 2.05 bits per heavy atom. The summed E-state index contributed by atoms with van der Waals surface area (Å²) >= 11 is 0. The lowest BCUT2D eigenvalue weighted by atomic mass is 9.99. The van der Waals surface area contributed by atoms with Gasteiger partial charge in [-0.05, 0) is 49.4 Å². The van der Waals surface area contributed by atoms with Crippen molar-refractivity contribution in [3.05, 3.63) is 34.5 Å². The summed E-state index contributed by atoms with van der Waals surface area (Å²) < 4.78 is 0. The van der Waals surface area contributed by atoms with Crippen LogP contribution in [0.25, 0.3) is 10.9 Å². The summed E-state index contributed by atoms with van der Waals surface area (Å²) in [5.74, 6) is -0.858. The molecule has 0 aliphatic heterocycles. The number of aromatic nitrogens is 1. The third kappa shape index (κ3) is 2.50. The Bertz CT molecular complexity index is 611. The molecule has 0 unspecified atom stereocenters. The largest absolute Gasteiger partial charge is 0.478 e. The number of aryl methyl sites for hydroxylation is 3. The van der Waals surface area contributed by atoms with Crippen LogP contribution in [0.4, 0.5) is 0 Å². The normalized spacial score (nSPS) is 11.1. The van der Waals surface area contributed by atoms with Crippen molar-refractivity contribution in [1.29, 1.82) is 0 Å². The number of carboxylic acid groups (broad SMARTS) is 1. The molecule has 3 nitrogen and oxygen atoms in total. The highest BCUT2D eigenvalue weighted by molar-refractivity contribution is 6.03. The van der Waals surface area contributed by atoms with E-state index in [1.54, 1.807) is 6.07 Å². The molecule has 1 aromatic carbocycles. The van der Waals surface area contributed by atoms with Gasteiger partial charge < -0.3 is 10.1 Å². The SMILES string of the molecule is CCCCc1c(C)[nH]c2c(C(=O)O)cc(CC)cc12. The van der Waals surface area contributed by atoms with Crippen molar-refractivity contribution < 1.29 is 9.90 Å². The topological polar surface area (TPSA) is 53.1 Å². The number of hydrogen-bond donors (Lipinski definition) is 2. The van der Waals surface area contributed by atoms with Crippen molar-refractivity contribution in [2.24, 2.45) is 0 Å². The smallest absolute Gasteiger partial charge is 0.337 e. The summed E-state index contributed by atoms with van der Waals surface area (Å²) in [5.41, 5.74) is 4.61. The predicted octanol–water partition coefficient (Wildman–Crippen LogP) is 4.08. The summed E-state index contributed by atoms with van der Waals surface area (Å²) in [6, 6.07) is 3.92. The molecule has 19 heavy (non-hydrogen) atoms. The number of carbonyl (C=O) groups is 1. The van der Waals surface area contributed by atoms with Crippen molar-refractivity contribution in [2.75, 3.05) is 0 Å². The minimum atomic E-state index is -0.858. The van der Waals surface area contributed by atoms with E-state index < -0.39 is 5.97 Å². The number of unbranched alkanes of at least 4 members (excludes halogenated alkanes) is 1. The Balaban J connectivity index is 2.67. The molecule has 0 radical (unpaired) electrons. The van der Waals surface area contributed by atoms with Crippen LogP contribution in [-0.4, -0.2) is 16.1 Å². The first kappa shape index (κ1) is 13.7. The Morgan fingerprint density at radius 1 is 1.32 bits per heavy atom. The number of aromatic carboxylic acids is 1. The molecular formula is C16H21NO2. The number of aromatic amines is 1. The molecule has 0 atom stereocenters. The second kappa shape index (κ2) is 5.47. The maximum atomic E-state index is 11.4. The van der Waals surface area contributed by atoms with E-state index in [0.717, 1.165) is 47.8 Å². The Kier molecular flexibility index (Phi) is 3.93. The third-order valence-electron chi connectivity index (χ3n) is 3.71. The fraction of sp³-hybridized carbons (Fsp3) is 0.438. The quantitative estimate of drug-likeness (QED) is 0.850. The van der Waals surface area contributed by atoms with E-state index in [4.69, 9.17) is 0 Å². The van der Waals surface area contributed by atoms with Gasteiger partial charge in [-0.2, -0.15) is 0 Å². The third-order valence-corrected chi connectivity index (χ3v) is 3.71. The van der Waals surface area contributed by atoms with Crippen molar-refractivity contribution in [3.8, 4) is 0 Å². The van der Waals surface area contributed by atoms with Crippen LogP contribution in [0.5, 0.6) is 0 Å². The molecule has 1 heterocycles. The fourth-order valence-electron chi connectivity index (χ4n) is 2.59. The second-order valence-electron chi connectivity index (χ2n) is 5.06. The highest BCUT2D eigenvalue weighted by atomic mass is 16.4. The van der Waals surface area contributed by atoms with Gasteiger partial charge in [0, 0.05) is 11.1 Å². The lowest BCUT2D eigenvalue weighted by Gasteiger charge is -2.04. The molecule has 0 saturated heterocycles. The highest BCUT2D eigenvalue weighted by Gasteiger charge is 2.16. The molecule has 2 rings (SSSR count). The zero-order valence-electron chi connectivity index (χ0n) is 11.8. The van der Waals surface area contributed by atoms with Gasteiger partial charge in [0.1, 0.15) is 0 Å². The van der Waals surface area contributed by atoms with Crippen LogP contribution < -0.4 is 0 Å². The van der Waals surface area contributed by atoms with Gasteiger partial charge in [-0.25, -0.2) is 4.79 Å². The molecule has 2 N–H and O–H groups in total. The second-order valence-corrected chi connectivity index (χ2v) is 5.06. The summed E-state index contributed by atoms with van der Waals surface area (Å²) in [6.45, 7) is 6.25. The summed E-state index contributed by atoms with van der Waals surface area (Å²) in [7, 11) is 0. The van der Waals surface area contributed by atoms with Gasteiger partial charge in [0.2, 0.25) is 0 Å². The first-order valence-corrected chi connectivity index (χ1v) is 6.95. The van der Waals surface area contributed by atoms with E-state index in [9.17, 15) is 9.90 Å². The average molecular weight is 259 g/mol. The average Bonchev–Trinajstić information content (AvgIpc) is 2.70. The summed E-state index contributed by atoms with van der Waals surface area (Å²) in [4.78, 5) is 14.7. The van der Waals surface area contributed by atoms with Gasteiger partial charge in [-0.1, -0.05) is 20.3 Å². The van der Waals surface area contributed by atoms with Gasteiger partial charge in [-0.15, -0.1) is 0 Å². The van der Waals surface area contributed by atoms with E-state index >= 15 is 0 Å². The molecule has 0 aliphatic rings. The van der Waals surface area contributed by atoms with Gasteiger partial charge in [0.05, 0.1) is 11.1 Å². The number of rotatable bonds is 5. The van der Waals surface area contributed by atoms with E-state index in [2.05, 4.69) is 24.9 Å². The molecule has 0 bridgehead atoms. The van der Waals surface area contributed by atoms with Crippen LogP contribution in [0, 0.1) is 6.92 Å². The first-order valence-electron chi connectivity index (χ1n) is 6.95. The summed E-state index contributed by atoms with van der Waals surface area (Å²) in [5, 5.41) is 10.4. The highest BCUT2D eigenvalue weighted by Crippen LogP contribution is 2.28. The Morgan fingerprint density at radius 3 is 2.63 bits per heavy atom. The monoisotopic (exact) mass is 259 g/mol. The Labute approximate surface area is 113 Å². The zero-order valence-corrected chi connectivity index (χ0v) is 11.8. The number of nitrogens with one attached hydrogen (secondary N) is 1. The fourth-order valence-corrected chi connectivity index (χ4v) is 2.59. The predicted molar refractivity (Wildman–Crippen MR) is 78.0 cm³/mol. The minimum absolute atomic E-state index is 0.389. The number of hydrogen-bond acceptors (Lipinski definition) is 1. The molecule has 1 aromatic heterocycles. The van der Waals surface area contributed by atoms with Gasteiger partial charge in [0.25, 0.3) is 0 Å². The van der Waals surface area contributed by atoms with Crippen molar-refractivity contribution in [3.63, 3.8) is 0 Å². The van der Waals surface area contributed by atoms with Crippen LogP contribution in [0.2, 0.25) is 0 Å². The zero-order chi connectivity index (χ0) is 14.0. The molecule has 102 valence electrons. The maximum absolute atomic E-state index is 11.4. The van der Waals surface area contributed by atoms with Gasteiger partial charge in [0.15, 0.2) is 0 Å². The lowest BCUT2D eigenvalue weighted by molar-refractivity contribution is 0.0698. The number of benzene rings is 1. The molecule has 0 amide bonds. The van der Waals surface area contributed by atoms with Crippen LogP contribution in [0.3, 0.4) is 0 Å². The number of H-pyrrole nitrogens is 1. The number of fused-ring (bicyclic) bond motifs is 1. The molecular weight excluding hydrogens is 238 g/mol. The standard InChI is InChI=1S/C16H21NO2/c1-4-6-7-12-10(3)17-15-13(12)8-11(5-2)9-14(15)16(18)19/h8-9,17H,4-7H2,1-3H3,(H,18,19).